The van der Waals surface area contributed by atoms with Gasteiger partial charge >= 0.3 is 0 Å². The van der Waals surface area contributed by atoms with Crippen LogP contribution in [0.5, 0.6) is 5.75 Å². The molecule has 5 heteroatoms. The Kier molecular flexibility index (Phi) is 4.38. The number of fused-ring (bicyclic) bond motifs is 1. The molecule has 2 nitrogen and oxygen atoms in total. The molecule has 0 radical (unpaired) electrons. The molecule has 0 aromatic heterocycles. The number of nitrogens with two attached hydrogens (primary N) is 1. The fourth-order valence-electron chi connectivity index (χ4n) is 2.32. The van der Waals surface area contributed by atoms with E-state index in [1.807, 2.05) is 24.3 Å². The number of halogens is 2. The monoisotopic (exact) mass is 323 g/mol. The van der Waals surface area contributed by atoms with Crippen LogP contribution < -0.4 is 10.5 Å². The Balaban J connectivity index is 1.69. The van der Waals surface area contributed by atoms with Gasteiger partial charge in [-0.1, -0.05) is 29.8 Å². The van der Waals surface area contributed by atoms with E-state index in [1.165, 1.54) is 6.07 Å². The Morgan fingerprint density at radius 2 is 2.14 bits per heavy atom. The molecule has 0 amide bonds. The van der Waals surface area contributed by atoms with Crippen molar-refractivity contribution >= 4 is 23.4 Å². The van der Waals surface area contributed by atoms with E-state index in [0.29, 0.717) is 6.42 Å². The second kappa shape index (κ2) is 6.26. The van der Waals surface area contributed by atoms with Gasteiger partial charge in [-0.05, 0) is 36.2 Å². The van der Waals surface area contributed by atoms with Crippen LogP contribution in [0.4, 0.5) is 4.39 Å². The van der Waals surface area contributed by atoms with Crippen molar-refractivity contribution in [3.8, 4) is 5.75 Å². The van der Waals surface area contributed by atoms with Gasteiger partial charge in [0.25, 0.3) is 0 Å². The first-order valence-electron chi connectivity index (χ1n) is 6.71. The standard InChI is InChI=1S/C16H15ClFNOS/c17-11-7-10(5-6-12(11)18)8-13(19)15-9-21-16-4-2-1-3-14(16)20-15/h1-7,13,15H,8-9,19H2. The lowest BCUT2D eigenvalue weighted by Gasteiger charge is -2.29. The zero-order chi connectivity index (χ0) is 14.8. The van der Waals surface area contributed by atoms with Gasteiger partial charge in [0.05, 0.1) is 5.02 Å². The van der Waals surface area contributed by atoms with Crippen molar-refractivity contribution in [2.24, 2.45) is 5.73 Å². The van der Waals surface area contributed by atoms with E-state index in [1.54, 1.807) is 23.9 Å². The maximum absolute atomic E-state index is 13.2. The van der Waals surface area contributed by atoms with Gasteiger partial charge in [-0.2, -0.15) is 0 Å². The van der Waals surface area contributed by atoms with Gasteiger partial charge < -0.3 is 10.5 Å². The van der Waals surface area contributed by atoms with Crippen molar-refractivity contribution < 1.29 is 9.13 Å². The second-order valence-electron chi connectivity index (χ2n) is 5.03. The average Bonchev–Trinajstić information content (AvgIpc) is 2.50. The van der Waals surface area contributed by atoms with E-state index >= 15 is 0 Å². The SMILES string of the molecule is NC(Cc1ccc(F)c(Cl)c1)C1CSc2ccccc2O1. The molecule has 2 aromatic rings. The number of ether oxygens (including phenoxy) is 1. The summed E-state index contributed by atoms with van der Waals surface area (Å²) in [5, 5.41) is 0.129. The normalized spacial score (nSPS) is 18.7. The van der Waals surface area contributed by atoms with Crippen LogP contribution in [0.3, 0.4) is 0 Å². The maximum Gasteiger partial charge on any atom is 0.141 e. The largest absolute Gasteiger partial charge is 0.487 e. The summed E-state index contributed by atoms with van der Waals surface area (Å²) in [7, 11) is 0. The van der Waals surface area contributed by atoms with Gasteiger partial charge in [0.15, 0.2) is 0 Å². The van der Waals surface area contributed by atoms with Crippen LogP contribution in [-0.4, -0.2) is 17.9 Å². The number of thioether (sulfide) groups is 1. The molecule has 0 saturated heterocycles. The predicted octanol–water partition coefficient (Wildman–Crippen LogP) is 3.90. The molecule has 3 rings (SSSR count). The minimum Gasteiger partial charge on any atom is -0.487 e. The molecule has 0 saturated carbocycles. The summed E-state index contributed by atoms with van der Waals surface area (Å²) < 4.78 is 19.1. The van der Waals surface area contributed by atoms with Crippen molar-refractivity contribution in [3.63, 3.8) is 0 Å². The fourth-order valence-corrected chi connectivity index (χ4v) is 3.61. The van der Waals surface area contributed by atoms with E-state index in [9.17, 15) is 4.39 Å². The first kappa shape index (κ1) is 14.7. The molecule has 0 spiro atoms. The predicted molar refractivity (Wildman–Crippen MR) is 84.7 cm³/mol. The third-order valence-electron chi connectivity index (χ3n) is 3.46. The van der Waals surface area contributed by atoms with Crippen LogP contribution in [0.25, 0.3) is 0 Å². The number of rotatable bonds is 3. The van der Waals surface area contributed by atoms with Crippen molar-refractivity contribution in [1.82, 2.24) is 0 Å². The van der Waals surface area contributed by atoms with E-state index in [-0.39, 0.29) is 17.2 Å². The van der Waals surface area contributed by atoms with Crippen LogP contribution >= 0.6 is 23.4 Å². The van der Waals surface area contributed by atoms with Gasteiger partial charge in [-0.3, -0.25) is 0 Å². The van der Waals surface area contributed by atoms with Gasteiger partial charge in [-0.25, -0.2) is 4.39 Å². The first-order valence-corrected chi connectivity index (χ1v) is 8.08. The molecule has 1 heterocycles. The Labute approximate surface area is 132 Å². The van der Waals surface area contributed by atoms with Crippen molar-refractivity contribution in [1.29, 1.82) is 0 Å². The van der Waals surface area contributed by atoms with Gasteiger partial charge in [-0.15, -0.1) is 11.8 Å². The van der Waals surface area contributed by atoms with Crippen molar-refractivity contribution in [3.05, 3.63) is 58.9 Å². The van der Waals surface area contributed by atoms with Crippen LogP contribution in [0.2, 0.25) is 5.02 Å². The summed E-state index contributed by atoms with van der Waals surface area (Å²) in [5.74, 6) is 1.28. The molecule has 0 fully saturated rings. The minimum absolute atomic E-state index is 0.0614. The molecule has 2 aromatic carbocycles. The van der Waals surface area contributed by atoms with Crippen LogP contribution in [-0.2, 0) is 6.42 Å². The molecule has 2 unspecified atom stereocenters. The summed E-state index contributed by atoms with van der Waals surface area (Å²) in [6.45, 7) is 0. The van der Waals surface area contributed by atoms with Gasteiger partial charge in [0, 0.05) is 16.7 Å². The zero-order valence-electron chi connectivity index (χ0n) is 11.3. The molecule has 0 bridgehead atoms. The van der Waals surface area contributed by atoms with Crippen molar-refractivity contribution in [2.75, 3.05) is 5.75 Å². The highest BCUT2D eigenvalue weighted by Gasteiger charge is 2.25. The molecule has 1 aliphatic heterocycles. The van der Waals surface area contributed by atoms with Crippen LogP contribution in [0.1, 0.15) is 5.56 Å². The fraction of sp³-hybridized carbons (Fsp3) is 0.250. The number of benzene rings is 2. The maximum atomic E-state index is 13.2. The number of hydrogen-bond acceptors (Lipinski definition) is 3. The Morgan fingerprint density at radius 3 is 2.95 bits per heavy atom. The van der Waals surface area contributed by atoms with E-state index < -0.39 is 5.82 Å². The number of para-hydroxylation sites is 1. The topological polar surface area (TPSA) is 35.2 Å². The number of hydrogen-bond donors (Lipinski definition) is 1. The highest BCUT2D eigenvalue weighted by Crippen LogP contribution is 2.35. The van der Waals surface area contributed by atoms with E-state index in [0.717, 1.165) is 22.0 Å². The lowest BCUT2D eigenvalue weighted by molar-refractivity contribution is 0.184. The quantitative estimate of drug-likeness (QED) is 0.930. The molecular weight excluding hydrogens is 309 g/mol. The third kappa shape index (κ3) is 3.34. The van der Waals surface area contributed by atoms with E-state index in [4.69, 9.17) is 22.1 Å². The van der Waals surface area contributed by atoms with Gasteiger partial charge in [0.1, 0.15) is 17.7 Å². The molecule has 2 atom stereocenters. The lowest BCUT2D eigenvalue weighted by atomic mass is 10.0. The summed E-state index contributed by atoms with van der Waals surface area (Å²) in [5.41, 5.74) is 7.17. The summed E-state index contributed by atoms with van der Waals surface area (Å²) in [6.07, 6.45) is 0.543. The summed E-state index contributed by atoms with van der Waals surface area (Å²) >= 11 is 7.55. The third-order valence-corrected chi connectivity index (χ3v) is 4.90. The molecular formula is C16H15ClFNOS. The molecule has 21 heavy (non-hydrogen) atoms. The highest BCUT2D eigenvalue weighted by atomic mass is 35.5. The molecule has 0 aliphatic carbocycles. The molecule has 2 N–H and O–H groups in total. The Hall–Kier alpha value is -1.23. The van der Waals surface area contributed by atoms with Gasteiger partial charge in [0.2, 0.25) is 0 Å². The Morgan fingerprint density at radius 1 is 1.33 bits per heavy atom. The summed E-state index contributed by atoms with van der Waals surface area (Å²) in [4.78, 5) is 1.14. The Bertz CT molecular complexity index is 652. The van der Waals surface area contributed by atoms with Crippen LogP contribution in [0, 0.1) is 5.82 Å². The zero-order valence-corrected chi connectivity index (χ0v) is 12.8. The highest BCUT2D eigenvalue weighted by molar-refractivity contribution is 7.99. The average molecular weight is 324 g/mol. The molecule has 1 aliphatic rings. The van der Waals surface area contributed by atoms with E-state index in [2.05, 4.69) is 0 Å². The van der Waals surface area contributed by atoms with Crippen LogP contribution in [0.15, 0.2) is 47.4 Å². The second-order valence-corrected chi connectivity index (χ2v) is 6.50. The first-order chi connectivity index (χ1) is 10.1. The van der Waals surface area contributed by atoms with Crippen molar-refractivity contribution in [2.45, 2.75) is 23.5 Å². The lowest BCUT2D eigenvalue weighted by Crippen LogP contribution is -2.43. The molecule has 110 valence electrons. The smallest absolute Gasteiger partial charge is 0.141 e. The summed E-state index contributed by atoms with van der Waals surface area (Å²) in [6, 6.07) is 12.5. The minimum atomic E-state index is -0.410.